The highest BCUT2D eigenvalue weighted by Gasteiger charge is 2.02. The zero-order valence-corrected chi connectivity index (χ0v) is 9.81. The van der Waals surface area contributed by atoms with E-state index < -0.39 is 5.91 Å². The predicted molar refractivity (Wildman–Crippen MR) is 67.5 cm³/mol. The Morgan fingerprint density at radius 2 is 1.88 bits per heavy atom. The quantitative estimate of drug-likeness (QED) is 0.461. The van der Waals surface area contributed by atoms with Gasteiger partial charge in [0.05, 0.1) is 7.11 Å². The van der Waals surface area contributed by atoms with Crippen molar-refractivity contribution in [2.75, 3.05) is 7.11 Å². The number of methoxy groups -OCH3 is 1. The largest absolute Gasteiger partial charge is 0.497 e. The molecule has 0 aliphatic heterocycles. The molecular weight excluding hydrogens is 218 g/mol. The van der Waals surface area contributed by atoms with Crippen LogP contribution < -0.4 is 16.2 Å². The van der Waals surface area contributed by atoms with Crippen molar-refractivity contribution in [1.29, 1.82) is 0 Å². The van der Waals surface area contributed by atoms with Gasteiger partial charge in [-0.3, -0.25) is 4.79 Å². The Hall–Kier alpha value is -2.30. The van der Waals surface area contributed by atoms with Crippen molar-refractivity contribution in [3.05, 3.63) is 35.4 Å². The third kappa shape index (κ3) is 3.98. The Balaban J connectivity index is 2.87. The molecule has 0 saturated heterocycles. The molecule has 1 aromatic rings. The van der Waals surface area contributed by atoms with Crippen LogP contribution in [0.15, 0.2) is 34.8 Å². The second-order valence-corrected chi connectivity index (χ2v) is 3.44. The maximum absolute atomic E-state index is 11.4. The number of aliphatic imine (C=N–C) groups is 1. The number of guanidine groups is 1. The summed E-state index contributed by atoms with van der Waals surface area (Å²) < 4.78 is 5.03. The molecule has 0 bridgehead atoms. The maximum atomic E-state index is 11.4. The van der Waals surface area contributed by atoms with Crippen molar-refractivity contribution in [3.8, 4) is 5.75 Å². The van der Waals surface area contributed by atoms with E-state index in [1.54, 1.807) is 20.1 Å². The Morgan fingerprint density at radius 1 is 1.29 bits per heavy atom. The van der Waals surface area contributed by atoms with E-state index in [4.69, 9.17) is 16.2 Å². The lowest BCUT2D eigenvalue weighted by molar-refractivity contribution is -0.114. The van der Waals surface area contributed by atoms with Gasteiger partial charge in [0.2, 0.25) is 0 Å². The second kappa shape index (κ2) is 5.69. The first-order chi connectivity index (χ1) is 8.02. The molecule has 0 saturated carbocycles. The van der Waals surface area contributed by atoms with Crippen LogP contribution >= 0.6 is 0 Å². The monoisotopic (exact) mass is 233 g/mol. The van der Waals surface area contributed by atoms with E-state index in [9.17, 15) is 4.79 Å². The molecule has 0 aliphatic carbocycles. The maximum Gasteiger partial charge on any atom is 0.275 e. The zero-order chi connectivity index (χ0) is 12.8. The van der Waals surface area contributed by atoms with Crippen LogP contribution in [0.4, 0.5) is 0 Å². The molecular formula is C12H15N3O2. The number of amides is 1. The van der Waals surface area contributed by atoms with Crippen LogP contribution in [0.25, 0.3) is 6.08 Å². The highest BCUT2D eigenvalue weighted by Crippen LogP contribution is 2.14. The molecule has 5 heteroatoms. The number of rotatable bonds is 3. The summed E-state index contributed by atoms with van der Waals surface area (Å²) in [5, 5.41) is 0. The summed E-state index contributed by atoms with van der Waals surface area (Å²) in [5.41, 5.74) is 11.6. The molecule has 0 spiro atoms. The van der Waals surface area contributed by atoms with Gasteiger partial charge in [-0.05, 0) is 30.7 Å². The van der Waals surface area contributed by atoms with Gasteiger partial charge < -0.3 is 16.2 Å². The van der Waals surface area contributed by atoms with Crippen molar-refractivity contribution in [2.24, 2.45) is 16.5 Å². The lowest BCUT2D eigenvalue weighted by Crippen LogP contribution is -2.24. The van der Waals surface area contributed by atoms with E-state index in [0.29, 0.717) is 5.57 Å². The number of nitrogens with zero attached hydrogens (tertiary/aromatic N) is 1. The van der Waals surface area contributed by atoms with Gasteiger partial charge in [0.1, 0.15) is 5.75 Å². The summed E-state index contributed by atoms with van der Waals surface area (Å²) in [6.45, 7) is 1.65. The van der Waals surface area contributed by atoms with E-state index in [-0.39, 0.29) is 5.96 Å². The fourth-order valence-electron chi connectivity index (χ4n) is 1.22. The van der Waals surface area contributed by atoms with E-state index >= 15 is 0 Å². The van der Waals surface area contributed by atoms with Gasteiger partial charge in [0.15, 0.2) is 5.96 Å². The average Bonchev–Trinajstić information content (AvgIpc) is 2.29. The molecule has 1 amide bonds. The fraction of sp³-hybridized carbons (Fsp3) is 0.167. The minimum Gasteiger partial charge on any atom is -0.497 e. The lowest BCUT2D eigenvalue weighted by atomic mass is 10.1. The van der Waals surface area contributed by atoms with Gasteiger partial charge in [0, 0.05) is 5.57 Å². The normalized spacial score (nSPS) is 10.8. The molecule has 1 aromatic carbocycles. The number of hydrogen-bond acceptors (Lipinski definition) is 2. The van der Waals surface area contributed by atoms with Crippen LogP contribution in [-0.4, -0.2) is 19.0 Å². The minimum atomic E-state index is -0.444. The molecule has 5 nitrogen and oxygen atoms in total. The summed E-state index contributed by atoms with van der Waals surface area (Å²) in [4.78, 5) is 14.9. The second-order valence-electron chi connectivity index (χ2n) is 3.44. The summed E-state index contributed by atoms with van der Waals surface area (Å²) >= 11 is 0. The third-order valence-corrected chi connectivity index (χ3v) is 2.07. The molecule has 0 aliphatic rings. The summed E-state index contributed by atoms with van der Waals surface area (Å²) in [7, 11) is 1.60. The smallest absolute Gasteiger partial charge is 0.275 e. The van der Waals surface area contributed by atoms with Crippen LogP contribution in [0.5, 0.6) is 5.75 Å². The summed E-state index contributed by atoms with van der Waals surface area (Å²) in [6.07, 6.45) is 1.70. The van der Waals surface area contributed by atoms with Crippen LogP contribution in [-0.2, 0) is 4.79 Å². The van der Waals surface area contributed by atoms with Crippen LogP contribution in [0.2, 0.25) is 0 Å². The molecule has 0 radical (unpaired) electrons. The van der Waals surface area contributed by atoms with Gasteiger partial charge in [0.25, 0.3) is 5.91 Å². The van der Waals surface area contributed by atoms with Crippen molar-refractivity contribution >= 4 is 17.9 Å². The fourth-order valence-corrected chi connectivity index (χ4v) is 1.22. The van der Waals surface area contributed by atoms with Gasteiger partial charge in [-0.1, -0.05) is 12.1 Å². The minimum absolute atomic E-state index is 0.238. The number of benzene rings is 1. The molecule has 0 aromatic heterocycles. The third-order valence-electron chi connectivity index (χ3n) is 2.07. The molecule has 0 unspecified atom stereocenters. The standard InChI is InChI=1S/C12H15N3O2/c1-8(11(16)15-12(13)14)7-9-3-5-10(17-2)6-4-9/h3-7H,1-2H3,(H4,13,14,15,16)/b8-7+. The molecule has 0 heterocycles. The van der Waals surface area contributed by atoms with Crippen LogP contribution in [0.3, 0.4) is 0 Å². The first-order valence-corrected chi connectivity index (χ1v) is 4.99. The Morgan fingerprint density at radius 3 is 2.35 bits per heavy atom. The van der Waals surface area contributed by atoms with Crippen molar-refractivity contribution in [3.63, 3.8) is 0 Å². The van der Waals surface area contributed by atoms with E-state index in [1.165, 1.54) is 0 Å². The van der Waals surface area contributed by atoms with Crippen molar-refractivity contribution in [1.82, 2.24) is 0 Å². The van der Waals surface area contributed by atoms with Crippen molar-refractivity contribution in [2.45, 2.75) is 6.92 Å². The van der Waals surface area contributed by atoms with Gasteiger partial charge >= 0.3 is 0 Å². The summed E-state index contributed by atoms with van der Waals surface area (Å²) in [5.74, 6) is 0.0775. The first-order valence-electron chi connectivity index (χ1n) is 4.99. The molecule has 17 heavy (non-hydrogen) atoms. The van der Waals surface area contributed by atoms with Gasteiger partial charge in [-0.2, -0.15) is 4.99 Å². The zero-order valence-electron chi connectivity index (χ0n) is 9.81. The van der Waals surface area contributed by atoms with Gasteiger partial charge in [-0.25, -0.2) is 0 Å². The first kappa shape index (κ1) is 12.8. The molecule has 0 fully saturated rings. The topological polar surface area (TPSA) is 90.7 Å². The Kier molecular flexibility index (Phi) is 4.28. The van der Waals surface area contributed by atoms with Crippen molar-refractivity contribution < 1.29 is 9.53 Å². The van der Waals surface area contributed by atoms with E-state index in [1.807, 2.05) is 24.3 Å². The van der Waals surface area contributed by atoms with Crippen LogP contribution in [0, 0.1) is 0 Å². The lowest BCUT2D eigenvalue weighted by Gasteiger charge is -2.00. The SMILES string of the molecule is COc1ccc(/C=C(\C)C(=O)N=C(N)N)cc1. The Bertz CT molecular complexity index is 457. The molecule has 90 valence electrons. The highest BCUT2D eigenvalue weighted by atomic mass is 16.5. The highest BCUT2D eigenvalue weighted by molar-refractivity contribution is 6.03. The summed E-state index contributed by atoms with van der Waals surface area (Å²) in [6, 6.07) is 7.30. The Labute approximate surface area is 99.8 Å². The number of nitrogens with two attached hydrogens (primary N) is 2. The molecule has 0 atom stereocenters. The molecule has 4 N–H and O–H groups in total. The van der Waals surface area contributed by atoms with Gasteiger partial charge in [-0.15, -0.1) is 0 Å². The number of ether oxygens (including phenoxy) is 1. The number of carbonyl (C=O) groups is 1. The van der Waals surface area contributed by atoms with E-state index in [0.717, 1.165) is 11.3 Å². The number of carbonyl (C=O) groups excluding carboxylic acids is 1. The molecule has 1 rings (SSSR count). The number of hydrogen-bond donors (Lipinski definition) is 2. The van der Waals surface area contributed by atoms with E-state index in [2.05, 4.69) is 4.99 Å². The predicted octanol–water partition coefficient (Wildman–Crippen LogP) is 0.899. The average molecular weight is 233 g/mol. The van der Waals surface area contributed by atoms with Crippen LogP contribution in [0.1, 0.15) is 12.5 Å².